The van der Waals surface area contributed by atoms with E-state index in [0.29, 0.717) is 12.0 Å². The number of carbonyl (C=O) groups excluding carboxylic acids is 1. The van der Waals surface area contributed by atoms with Gasteiger partial charge >= 0.3 is 0 Å². The summed E-state index contributed by atoms with van der Waals surface area (Å²) in [4.78, 5) is 12.0. The lowest BCUT2D eigenvalue weighted by atomic mass is 10.1. The topological polar surface area (TPSA) is 87.7 Å². The van der Waals surface area contributed by atoms with E-state index in [1.54, 1.807) is 12.1 Å². The molecule has 1 fully saturated rings. The minimum atomic E-state index is 0.0280. The van der Waals surface area contributed by atoms with Crippen LogP contribution in [-0.2, 0) is 11.2 Å². The number of hydrogen-bond donors (Lipinski definition) is 3. The molecule has 0 bridgehead atoms. The van der Waals surface area contributed by atoms with E-state index in [1.165, 1.54) is 12.2 Å². The third-order valence-corrected chi connectivity index (χ3v) is 5.22. The van der Waals surface area contributed by atoms with Gasteiger partial charge < -0.3 is 16.3 Å². The van der Waals surface area contributed by atoms with Gasteiger partial charge in [0.2, 0.25) is 5.91 Å². The van der Waals surface area contributed by atoms with Crippen LogP contribution in [-0.4, -0.2) is 34.0 Å². The van der Waals surface area contributed by atoms with Gasteiger partial charge in [0.15, 0.2) is 5.84 Å². The van der Waals surface area contributed by atoms with Gasteiger partial charge in [-0.3, -0.25) is 4.79 Å². The third-order valence-electron chi connectivity index (χ3n) is 3.68. The molecule has 0 saturated carbocycles. The summed E-state index contributed by atoms with van der Waals surface area (Å²) >= 11 is 1.94. The Bertz CT molecular complexity index is 522. The fraction of sp³-hybridized carbons (Fsp3) is 0.467. The molecule has 0 aliphatic carbocycles. The Kier molecular flexibility index (Phi) is 5.12. The Morgan fingerprint density at radius 3 is 2.76 bits per heavy atom. The lowest BCUT2D eigenvalue weighted by Gasteiger charge is -2.22. The second-order valence-electron chi connectivity index (χ2n) is 5.54. The molecule has 1 saturated heterocycles. The highest BCUT2D eigenvalue weighted by Gasteiger charge is 2.29. The number of nitrogens with zero attached hydrogens (tertiary/aromatic N) is 1. The number of oxime groups is 1. The van der Waals surface area contributed by atoms with Crippen LogP contribution in [0.25, 0.3) is 0 Å². The fourth-order valence-corrected chi connectivity index (χ4v) is 3.61. The number of hydrogen-bond acceptors (Lipinski definition) is 4. The van der Waals surface area contributed by atoms with Gasteiger partial charge in [-0.25, -0.2) is 0 Å². The Labute approximate surface area is 129 Å². The second kappa shape index (κ2) is 6.85. The molecule has 1 heterocycles. The summed E-state index contributed by atoms with van der Waals surface area (Å²) in [6.45, 7) is 2.93. The molecule has 21 heavy (non-hydrogen) atoms. The van der Waals surface area contributed by atoms with Crippen LogP contribution in [0.4, 0.5) is 0 Å². The maximum atomic E-state index is 12.0. The SMILES string of the molecule is CC1(CNC(=O)Cc2ccc(/C(N)=N/O)cc2)CCCS1. The van der Waals surface area contributed by atoms with Crippen molar-refractivity contribution in [3.05, 3.63) is 35.4 Å². The predicted molar refractivity (Wildman–Crippen MR) is 85.8 cm³/mol. The highest BCUT2D eigenvalue weighted by atomic mass is 32.2. The number of nitrogens with two attached hydrogens (primary N) is 1. The molecule has 4 N–H and O–H groups in total. The summed E-state index contributed by atoms with van der Waals surface area (Å²) in [5.74, 6) is 1.28. The van der Waals surface area contributed by atoms with Gasteiger partial charge in [0, 0.05) is 16.9 Å². The molecule has 6 heteroatoms. The number of benzene rings is 1. The molecule has 1 unspecified atom stereocenters. The Hall–Kier alpha value is -1.69. The summed E-state index contributed by atoms with van der Waals surface area (Å²) in [5.41, 5.74) is 7.04. The Balaban J connectivity index is 1.85. The molecule has 1 atom stereocenters. The summed E-state index contributed by atoms with van der Waals surface area (Å²) in [6, 6.07) is 7.12. The standard InChI is InChI=1S/C15H21N3O2S/c1-15(7-2-8-21-15)10-17-13(19)9-11-3-5-12(6-4-11)14(16)18-20/h3-6,20H,2,7-10H2,1H3,(H2,16,18)(H,17,19). The smallest absolute Gasteiger partial charge is 0.224 e. The minimum Gasteiger partial charge on any atom is -0.409 e. The van der Waals surface area contributed by atoms with E-state index < -0.39 is 0 Å². The largest absolute Gasteiger partial charge is 0.409 e. The first kappa shape index (κ1) is 15.7. The first-order chi connectivity index (χ1) is 10.0. The molecule has 0 radical (unpaired) electrons. The molecule has 1 aliphatic rings. The van der Waals surface area contributed by atoms with Gasteiger partial charge in [0.1, 0.15) is 0 Å². The van der Waals surface area contributed by atoms with Crippen molar-refractivity contribution in [2.75, 3.05) is 12.3 Å². The third kappa shape index (κ3) is 4.39. The van der Waals surface area contributed by atoms with Crippen LogP contribution in [0.15, 0.2) is 29.4 Å². The molecular formula is C15H21N3O2S. The molecule has 5 nitrogen and oxygen atoms in total. The zero-order valence-corrected chi connectivity index (χ0v) is 12.9. The van der Waals surface area contributed by atoms with Gasteiger partial charge in [-0.1, -0.05) is 29.4 Å². The fourth-order valence-electron chi connectivity index (χ4n) is 2.36. The first-order valence-corrected chi connectivity index (χ1v) is 7.98. The lowest BCUT2D eigenvalue weighted by Crippen LogP contribution is -2.37. The van der Waals surface area contributed by atoms with E-state index in [4.69, 9.17) is 10.9 Å². The summed E-state index contributed by atoms with van der Waals surface area (Å²) in [6.07, 6.45) is 2.73. The lowest BCUT2D eigenvalue weighted by molar-refractivity contribution is -0.120. The minimum absolute atomic E-state index is 0.0280. The first-order valence-electron chi connectivity index (χ1n) is 7.00. The second-order valence-corrected chi connectivity index (χ2v) is 7.22. The summed E-state index contributed by atoms with van der Waals surface area (Å²) < 4.78 is 0.186. The van der Waals surface area contributed by atoms with Crippen molar-refractivity contribution in [1.82, 2.24) is 5.32 Å². The van der Waals surface area contributed by atoms with Crippen LogP contribution in [0.1, 0.15) is 30.9 Å². The van der Waals surface area contributed by atoms with Crippen LogP contribution in [0, 0.1) is 0 Å². The number of amides is 1. The van der Waals surface area contributed by atoms with E-state index >= 15 is 0 Å². The highest BCUT2D eigenvalue weighted by molar-refractivity contribution is 8.00. The molecule has 1 amide bonds. The van der Waals surface area contributed by atoms with Crippen LogP contribution < -0.4 is 11.1 Å². The van der Waals surface area contributed by atoms with Gasteiger partial charge in [-0.15, -0.1) is 0 Å². The van der Waals surface area contributed by atoms with Gasteiger partial charge in [0.25, 0.3) is 0 Å². The van der Waals surface area contributed by atoms with Gasteiger partial charge in [-0.2, -0.15) is 11.8 Å². The maximum absolute atomic E-state index is 12.0. The van der Waals surface area contributed by atoms with E-state index in [0.717, 1.165) is 18.5 Å². The zero-order chi connectivity index (χ0) is 15.3. The van der Waals surface area contributed by atoms with Crippen molar-refractivity contribution in [3.63, 3.8) is 0 Å². The average molecular weight is 307 g/mol. The molecule has 1 aromatic rings. The van der Waals surface area contributed by atoms with Crippen molar-refractivity contribution in [1.29, 1.82) is 0 Å². The Morgan fingerprint density at radius 1 is 1.48 bits per heavy atom. The maximum Gasteiger partial charge on any atom is 0.224 e. The van der Waals surface area contributed by atoms with Crippen LogP contribution in [0.2, 0.25) is 0 Å². The molecule has 0 spiro atoms. The predicted octanol–water partition coefficient (Wildman–Crippen LogP) is 1.73. The van der Waals surface area contributed by atoms with Crippen molar-refractivity contribution < 1.29 is 10.0 Å². The Morgan fingerprint density at radius 2 is 2.19 bits per heavy atom. The average Bonchev–Trinajstić information content (AvgIpc) is 2.92. The molecular weight excluding hydrogens is 286 g/mol. The van der Waals surface area contributed by atoms with Crippen molar-refractivity contribution >= 4 is 23.5 Å². The number of carbonyl (C=O) groups is 1. The normalized spacial score (nSPS) is 22.2. The zero-order valence-electron chi connectivity index (χ0n) is 12.1. The van der Waals surface area contributed by atoms with Crippen molar-refractivity contribution in [3.8, 4) is 0 Å². The number of thioether (sulfide) groups is 1. The van der Waals surface area contributed by atoms with E-state index in [1.807, 2.05) is 23.9 Å². The number of rotatable bonds is 5. The molecule has 1 aliphatic heterocycles. The molecule has 1 aromatic carbocycles. The van der Waals surface area contributed by atoms with Crippen LogP contribution in [0.3, 0.4) is 0 Å². The van der Waals surface area contributed by atoms with Crippen molar-refractivity contribution in [2.45, 2.75) is 30.9 Å². The number of amidine groups is 1. The highest BCUT2D eigenvalue weighted by Crippen LogP contribution is 2.36. The van der Waals surface area contributed by atoms with E-state index in [2.05, 4.69) is 17.4 Å². The molecule has 114 valence electrons. The monoisotopic (exact) mass is 307 g/mol. The number of nitrogens with one attached hydrogen (secondary N) is 1. The quantitative estimate of drug-likeness (QED) is 0.334. The summed E-state index contributed by atoms with van der Waals surface area (Å²) in [7, 11) is 0. The van der Waals surface area contributed by atoms with E-state index in [-0.39, 0.29) is 16.5 Å². The molecule has 2 rings (SSSR count). The van der Waals surface area contributed by atoms with E-state index in [9.17, 15) is 4.79 Å². The van der Waals surface area contributed by atoms with Crippen molar-refractivity contribution in [2.24, 2.45) is 10.9 Å². The van der Waals surface area contributed by atoms with Crippen LogP contribution >= 0.6 is 11.8 Å². The van der Waals surface area contributed by atoms with Crippen LogP contribution in [0.5, 0.6) is 0 Å². The van der Waals surface area contributed by atoms with Gasteiger partial charge in [-0.05, 0) is 31.1 Å². The summed E-state index contributed by atoms with van der Waals surface area (Å²) in [5, 5.41) is 14.6. The molecule has 0 aromatic heterocycles. The van der Waals surface area contributed by atoms with Gasteiger partial charge in [0.05, 0.1) is 6.42 Å².